The number of carbonyl (C=O) groups excluding carboxylic acids is 1. The number of aromatic nitrogens is 2. The summed E-state index contributed by atoms with van der Waals surface area (Å²) >= 11 is 0. The molecule has 0 saturated heterocycles. The van der Waals surface area contributed by atoms with Crippen molar-refractivity contribution in [1.29, 1.82) is 0 Å². The number of hydrogen-bond donors (Lipinski definition) is 2. The highest BCUT2D eigenvalue weighted by molar-refractivity contribution is 5.92. The van der Waals surface area contributed by atoms with Gasteiger partial charge in [-0.1, -0.05) is 24.3 Å². The Bertz CT molecular complexity index is 716. The second kappa shape index (κ2) is 8.67. The Morgan fingerprint density at radius 1 is 1.33 bits per heavy atom. The standard InChI is InChI=1S/C18H22N4O2/c1-4-10-19-17(23)15-12-13(2)21-18(22-15)20-11-9-14-7-5-6-8-16(14)24-3/h4-8,12H,1,9-11H2,2-3H3,(H,19,23)(H,20,21,22). The number of aryl methyl sites for hydroxylation is 1. The second-order valence-corrected chi connectivity index (χ2v) is 5.21. The third-order valence-corrected chi connectivity index (χ3v) is 3.36. The van der Waals surface area contributed by atoms with Crippen molar-refractivity contribution >= 4 is 11.9 Å². The fourth-order valence-electron chi connectivity index (χ4n) is 2.24. The van der Waals surface area contributed by atoms with Crippen LogP contribution >= 0.6 is 0 Å². The van der Waals surface area contributed by atoms with Gasteiger partial charge in [-0.15, -0.1) is 6.58 Å². The third-order valence-electron chi connectivity index (χ3n) is 3.36. The van der Waals surface area contributed by atoms with Crippen molar-refractivity contribution < 1.29 is 9.53 Å². The van der Waals surface area contributed by atoms with Crippen LogP contribution in [0.1, 0.15) is 21.7 Å². The highest BCUT2D eigenvalue weighted by Gasteiger charge is 2.10. The van der Waals surface area contributed by atoms with Crippen molar-refractivity contribution in [2.24, 2.45) is 0 Å². The van der Waals surface area contributed by atoms with Gasteiger partial charge in [0.05, 0.1) is 7.11 Å². The highest BCUT2D eigenvalue weighted by Crippen LogP contribution is 2.17. The quantitative estimate of drug-likeness (QED) is 0.728. The zero-order valence-corrected chi connectivity index (χ0v) is 14.0. The number of carbonyl (C=O) groups is 1. The molecule has 0 spiro atoms. The van der Waals surface area contributed by atoms with Gasteiger partial charge in [-0.3, -0.25) is 4.79 Å². The minimum atomic E-state index is -0.242. The van der Waals surface area contributed by atoms with E-state index in [0.29, 0.717) is 24.7 Å². The topological polar surface area (TPSA) is 76.1 Å². The minimum Gasteiger partial charge on any atom is -0.496 e. The Labute approximate surface area is 142 Å². The molecule has 1 aromatic heterocycles. The second-order valence-electron chi connectivity index (χ2n) is 5.21. The van der Waals surface area contributed by atoms with Crippen LogP contribution < -0.4 is 15.4 Å². The lowest BCUT2D eigenvalue weighted by Crippen LogP contribution is -2.25. The van der Waals surface area contributed by atoms with Gasteiger partial charge in [-0.25, -0.2) is 9.97 Å². The number of methoxy groups -OCH3 is 1. The van der Waals surface area contributed by atoms with E-state index in [9.17, 15) is 4.79 Å². The van der Waals surface area contributed by atoms with Crippen molar-refractivity contribution in [2.45, 2.75) is 13.3 Å². The van der Waals surface area contributed by atoms with Crippen LogP contribution in [0, 0.1) is 6.92 Å². The highest BCUT2D eigenvalue weighted by atomic mass is 16.5. The maximum absolute atomic E-state index is 12.0. The molecule has 0 aliphatic heterocycles. The number of nitrogens with zero attached hydrogens (tertiary/aromatic N) is 2. The third kappa shape index (κ3) is 4.81. The van der Waals surface area contributed by atoms with E-state index in [1.165, 1.54) is 0 Å². The molecule has 0 fully saturated rings. The largest absolute Gasteiger partial charge is 0.496 e. The molecular weight excluding hydrogens is 304 g/mol. The first-order valence-electron chi connectivity index (χ1n) is 7.74. The molecule has 0 radical (unpaired) electrons. The van der Waals surface area contributed by atoms with Gasteiger partial charge in [0.25, 0.3) is 5.91 Å². The molecule has 0 saturated carbocycles. The summed E-state index contributed by atoms with van der Waals surface area (Å²) in [6, 6.07) is 9.52. The molecule has 1 heterocycles. The zero-order valence-electron chi connectivity index (χ0n) is 14.0. The molecule has 6 heteroatoms. The normalized spacial score (nSPS) is 10.1. The van der Waals surface area contributed by atoms with E-state index >= 15 is 0 Å². The Hall–Kier alpha value is -2.89. The summed E-state index contributed by atoms with van der Waals surface area (Å²) in [4.78, 5) is 20.6. The average Bonchev–Trinajstić information content (AvgIpc) is 2.59. The summed E-state index contributed by atoms with van der Waals surface area (Å²) in [6.45, 7) is 6.44. The van der Waals surface area contributed by atoms with Crippen molar-refractivity contribution in [3.63, 3.8) is 0 Å². The number of amides is 1. The number of anilines is 1. The first-order chi connectivity index (χ1) is 11.6. The molecule has 2 rings (SSSR count). The van der Waals surface area contributed by atoms with E-state index in [0.717, 1.165) is 23.4 Å². The SMILES string of the molecule is C=CCNC(=O)c1cc(C)nc(NCCc2ccccc2OC)n1. The van der Waals surface area contributed by atoms with Crippen LogP contribution in [0.4, 0.5) is 5.95 Å². The average molecular weight is 326 g/mol. The first-order valence-corrected chi connectivity index (χ1v) is 7.74. The van der Waals surface area contributed by atoms with Crippen LogP contribution in [0.2, 0.25) is 0 Å². The predicted molar refractivity (Wildman–Crippen MR) is 94.5 cm³/mol. The lowest BCUT2D eigenvalue weighted by atomic mass is 10.1. The Kier molecular flexibility index (Phi) is 6.31. The predicted octanol–water partition coefficient (Wildman–Crippen LogP) is 2.36. The van der Waals surface area contributed by atoms with Crippen LogP contribution in [-0.2, 0) is 6.42 Å². The van der Waals surface area contributed by atoms with Crippen LogP contribution in [-0.4, -0.2) is 36.1 Å². The van der Waals surface area contributed by atoms with Crippen molar-refractivity contribution in [3.05, 3.63) is 59.9 Å². The molecule has 0 aliphatic rings. The van der Waals surface area contributed by atoms with Gasteiger partial charge in [0, 0.05) is 18.8 Å². The molecule has 1 amide bonds. The number of nitrogens with one attached hydrogen (secondary N) is 2. The summed E-state index contributed by atoms with van der Waals surface area (Å²) < 4.78 is 5.34. The van der Waals surface area contributed by atoms with Crippen LogP contribution in [0.25, 0.3) is 0 Å². The Morgan fingerprint density at radius 3 is 2.88 bits per heavy atom. The molecule has 0 atom stereocenters. The van der Waals surface area contributed by atoms with E-state index in [-0.39, 0.29) is 5.91 Å². The summed E-state index contributed by atoms with van der Waals surface area (Å²) in [5.41, 5.74) is 2.17. The maximum Gasteiger partial charge on any atom is 0.270 e. The van der Waals surface area contributed by atoms with Crippen molar-refractivity contribution in [1.82, 2.24) is 15.3 Å². The summed E-state index contributed by atoms with van der Waals surface area (Å²) in [5, 5.41) is 5.87. The van der Waals surface area contributed by atoms with Gasteiger partial charge >= 0.3 is 0 Å². The fourth-order valence-corrected chi connectivity index (χ4v) is 2.24. The molecule has 6 nitrogen and oxygen atoms in total. The van der Waals surface area contributed by atoms with Gasteiger partial charge in [-0.05, 0) is 31.0 Å². The van der Waals surface area contributed by atoms with E-state index in [4.69, 9.17) is 4.74 Å². The molecule has 0 aliphatic carbocycles. The van der Waals surface area contributed by atoms with E-state index < -0.39 is 0 Å². The van der Waals surface area contributed by atoms with Crippen molar-refractivity contribution in [3.8, 4) is 5.75 Å². The van der Waals surface area contributed by atoms with Gasteiger partial charge in [-0.2, -0.15) is 0 Å². The molecular formula is C18H22N4O2. The molecule has 2 aromatic rings. The van der Waals surface area contributed by atoms with Crippen LogP contribution in [0.5, 0.6) is 5.75 Å². The van der Waals surface area contributed by atoms with Gasteiger partial charge in [0.2, 0.25) is 5.95 Å². The lowest BCUT2D eigenvalue weighted by molar-refractivity contribution is 0.0953. The number of para-hydroxylation sites is 1. The van der Waals surface area contributed by atoms with Crippen LogP contribution in [0.3, 0.4) is 0 Å². The zero-order chi connectivity index (χ0) is 17.4. The van der Waals surface area contributed by atoms with Gasteiger partial charge in [0.15, 0.2) is 0 Å². The number of benzene rings is 1. The molecule has 24 heavy (non-hydrogen) atoms. The van der Waals surface area contributed by atoms with Gasteiger partial charge < -0.3 is 15.4 Å². The molecule has 2 N–H and O–H groups in total. The smallest absolute Gasteiger partial charge is 0.270 e. The van der Waals surface area contributed by atoms with E-state index in [1.54, 1.807) is 19.3 Å². The van der Waals surface area contributed by atoms with Crippen molar-refractivity contribution in [2.75, 3.05) is 25.5 Å². The first kappa shape index (κ1) is 17.5. The molecule has 0 unspecified atom stereocenters. The fraction of sp³-hybridized carbons (Fsp3) is 0.278. The Balaban J connectivity index is 2.00. The van der Waals surface area contributed by atoms with Crippen LogP contribution in [0.15, 0.2) is 43.0 Å². The summed E-state index contributed by atoms with van der Waals surface area (Å²) in [7, 11) is 1.66. The maximum atomic E-state index is 12.0. The van der Waals surface area contributed by atoms with E-state index in [1.807, 2.05) is 31.2 Å². The molecule has 126 valence electrons. The number of rotatable bonds is 8. The lowest BCUT2D eigenvalue weighted by Gasteiger charge is -2.10. The molecule has 0 bridgehead atoms. The number of ether oxygens (including phenoxy) is 1. The monoisotopic (exact) mass is 326 g/mol. The summed E-state index contributed by atoms with van der Waals surface area (Å²) in [6.07, 6.45) is 2.39. The minimum absolute atomic E-state index is 0.242. The number of hydrogen-bond acceptors (Lipinski definition) is 5. The Morgan fingerprint density at radius 2 is 2.12 bits per heavy atom. The van der Waals surface area contributed by atoms with E-state index in [2.05, 4.69) is 27.2 Å². The summed E-state index contributed by atoms with van der Waals surface area (Å²) in [5.74, 6) is 1.05. The molecule has 1 aromatic carbocycles. The van der Waals surface area contributed by atoms with Gasteiger partial charge in [0.1, 0.15) is 11.4 Å².